The van der Waals surface area contributed by atoms with Gasteiger partial charge >= 0.3 is 0 Å². The van der Waals surface area contributed by atoms with Gasteiger partial charge < -0.3 is 5.73 Å². The van der Waals surface area contributed by atoms with E-state index in [1.165, 1.54) is 0 Å². The quantitative estimate of drug-likeness (QED) is 0.746. The average molecular weight is 250 g/mol. The maximum atomic E-state index is 12.3. The minimum atomic E-state index is -3.23. The molecule has 0 aromatic rings. The van der Waals surface area contributed by atoms with E-state index < -0.39 is 20.8 Å². The van der Waals surface area contributed by atoms with Gasteiger partial charge in [0.25, 0.3) is 0 Å². The fraction of sp³-hybridized carbons (Fsp3) is 1.00. The van der Waals surface area contributed by atoms with Gasteiger partial charge in [0.05, 0.1) is 5.25 Å². The predicted molar refractivity (Wildman–Crippen MR) is 68.8 cm³/mol. The van der Waals surface area contributed by atoms with Gasteiger partial charge in [0.1, 0.15) is 0 Å². The molecule has 0 radical (unpaired) electrons. The van der Waals surface area contributed by atoms with Crippen LogP contribution in [0.4, 0.5) is 0 Å². The summed E-state index contributed by atoms with van der Waals surface area (Å²) in [5.74, 6) is 0. The third-order valence-electron chi connectivity index (χ3n) is 3.42. The van der Waals surface area contributed by atoms with Crippen LogP contribution in [-0.4, -0.2) is 36.6 Å². The van der Waals surface area contributed by atoms with E-state index in [2.05, 4.69) is 0 Å². The van der Waals surface area contributed by atoms with E-state index in [0.717, 1.165) is 12.8 Å². The number of sulfonamides is 1. The van der Waals surface area contributed by atoms with Gasteiger partial charge in [-0.05, 0) is 26.7 Å². The molecule has 0 saturated heterocycles. The van der Waals surface area contributed by atoms with Crippen LogP contribution in [0, 0.1) is 0 Å². The van der Waals surface area contributed by atoms with Crippen molar-refractivity contribution >= 4 is 10.0 Å². The molecule has 5 heteroatoms. The Balaban J connectivity index is 5.42. The van der Waals surface area contributed by atoms with Crippen LogP contribution in [0.15, 0.2) is 0 Å². The summed E-state index contributed by atoms with van der Waals surface area (Å²) in [6.45, 7) is 10.1. The number of nitrogens with zero attached hydrogens (tertiary/aromatic N) is 1. The number of hydrogen-bond donors (Lipinski definition) is 1. The molecule has 0 aliphatic carbocycles. The second-order valence-electron chi connectivity index (χ2n) is 4.39. The molecule has 0 fully saturated rings. The van der Waals surface area contributed by atoms with Crippen LogP contribution in [-0.2, 0) is 10.0 Å². The van der Waals surface area contributed by atoms with Gasteiger partial charge in [0, 0.05) is 18.6 Å². The first-order valence-electron chi connectivity index (χ1n) is 6.04. The molecule has 0 aromatic heterocycles. The van der Waals surface area contributed by atoms with E-state index in [4.69, 9.17) is 5.73 Å². The third kappa shape index (κ3) is 2.76. The topological polar surface area (TPSA) is 63.4 Å². The molecule has 0 rings (SSSR count). The highest BCUT2D eigenvalue weighted by molar-refractivity contribution is 7.89. The molecule has 0 unspecified atom stereocenters. The SMILES string of the molecule is CCN(C(CC)(CC)CN)S(=O)(=O)C(C)C. The van der Waals surface area contributed by atoms with Gasteiger partial charge in [0.2, 0.25) is 10.0 Å². The van der Waals surface area contributed by atoms with Crippen molar-refractivity contribution in [2.75, 3.05) is 13.1 Å². The molecule has 0 aromatic carbocycles. The molecule has 2 N–H and O–H groups in total. The van der Waals surface area contributed by atoms with Gasteiger partial charge in [-0.15, -0.1) is 0 Å². The molecule has 0 aliphatic rings. The molecule has 98 valence electrons. The van der Waals surface area contributed by atoms with Crippen molar-refractivity contribution in [1.82, 2.24) is 4.31 Å². The van der Waals surface area contributed by atoms with Crippen LogP contribution in [0.5, 0.6) is 0 Å². The molecule has 0 heterocycles. The third-order valence-corrected chi connectivity index (χ3v) is 5.87. The summed E-state index contributed by atoms with van der Waals surface area (Å²) in [6, 6.07) is 0. The Bertz CT molecular complexity index is 287. The van der Waals surface area contributed by atoms with Crippen LogP contribution >= 0.6 is 0 Å². The highest BCUT2D eigenvalue weighted by atomic mass is 32.2. The molecule has 16 heavy (non-hydrogen) atoms. The van der Waals surface area contributed by atoms with Crippen molar-refractivity contribution in [3.8, 4) is 0 Å². The van der Waals surface area contributed by atoms with Crippen molar-refractivity contribution in [3.05, 3.63) is 0 Å². The first-order chi connectivity index (χ1) is 7.32. The van der Waals surface area contributed by atoms with Gasteiger partial charge in [-0.2, -0.15) is 4.31 Å². The molecule has 0 spiro atoms. The lowest BCUT2D eigenvalue weighted by atomic mass is 9.93. The van der Waals surface area contributed by atoms with E-state index in [9.17, 15) is 8.42 Å². The van der Waals surface area contributed by atoms with E-state index >= 15 is 0 Å². The van der Waals surface area contributed by atoms with E-state index in [1.807, 2.05) is 20.8 Å². The molecular formula is C11H26N2O2S. The summed E-state index contributed by atoms with van der Waals surface area (Å²) >= 11 is 0. The Morgan fingerprint density at radius 3 is 1.81 bits per heavy atom. The first kappa shape index (κ1) is 15.9. The van der Waals surface area contributed by atoms with Crippen molar-refractivity contribution < 1.29 is 8.42 Å². The maximum Gasteiger partial charge on any atom is 0.216 e. The summed E-state index contributed by atoms with van der Waals surface area (Å²) in [6.07, 6.45) is 1.50. The zero-order valence-electron chi connectivity index (χ0n) is 11.2. The average Bonchev–Trinajstić information content (AvgIpc) is 2.25. The fourth-order valence-electron chi connectivity index (χ4n) is 2.03. The van der Waals surface area contributed by atoms with Gasteiger partial charge in [0.15, 0.2) is 0 Å². The van der Waals surface area contributed by atoms with E-state index in [-0.39, 0.29) is 0 Å². The van der Waals surface area contributed by atoms with Crippen LogP contribution in [0.2, 0.25) is 0 Å². The predicted octanol–water partition coefficient (Wildman–Crippen LogP) is 1.56. The molecule has 4 nitrogen and oxygen atoms in total. The van der Waals surface area contributed by atoms with Crippen molar-refractivity contribution in [3.63, 3.8) is 0 Å². The lowest BCUT2D eigenvalue weighted by molar-refractivity contribution is 0.183. The lowest BCUT2D eigenvalue weighted by Gasteiger charge is -2.41. The summed E-state index contributed by atoms with van der Waals surface area (Å²) in [5, 5.41) is -0.392. The minimum absolute atomic E-state index is 0.375. The Morgan fingerprint density at radius 2 is 1.62 bits per heavy atom. The summed E-state index contributed by atoms with van der Waals surface area (Å²) < 4.78 is 26.1. The second kappa shape index (κ2) is 5.98. The van der Waals surface area contributed by atoms with E-state index in [0.29, 0.717) is 13.1 Å². The highest BCUT2D eigenvalue weighted by Gasteiger charge is 2.40. The van der Waals surface area contributed by atoms with Gasteiger partial charge in [-0.1, -0.05) is 20.8 Å². The Kier molecular flexibility index (Phi) is 5.93. The second-order valence-corrected chi connectivity index (χ2v) is 6.81. The van der Waals surface area contributed by atoms with Gasteiger partial charge in [-0.25, -0.2) is 8.42 Å². The maximum absolute atomic E-state index is 12.3. The van der Waals surface area contributed by atoms with Crippen LogP contribution in [0.3, 0.4) is 0 Å². The van der Waals surface area contributed by atoms with Crippen LogP contribution < -0.4 is 5.73 Å². The Morgan fingerprint density at radius 1 is 1.19 bits per heavy atom. The number of likely N-dealkylation sites (N-methyl/N-ethyl adjacent to an activating group) is 1. The number of nitrogens with two attached hydrogens (primary N) is 1. The van der Waals surface area contributed by atoms with Crippen molar-refractivity contribution in [2.24, 2.45) is 5.73 Å². The Hall–Kier alpha value is -0.130. The lowest BCUT2D eigenvalue weighted by Crippen LogP contribution is -2.57. The van der Waals surface area contributed by atoms with Crippen LogP contribution in [0.25, 0.3) is 0 Å². The zero-order chi connectivity index (χ0) is 13.0. The molecule has 0 amide bonds. The van der Waals surface area contributed by atoms with Crippen molar-refractivity contribution in [2.45, 2.75) is 58.2 Å². The summed E-state index contributed by atoms with van der Waals surface area (Å²) in [4.78, 5) is 0. The number of hydrogen-bond acceptors (Lipinski definition) is 3. The van der Waals surface area contributed by atoms with Crippen LogP contribution in [0.1, 0.15) is 47.5 Å². The smallest absolute Gasteiger partial charge is 0.216 e. The molecule has 0 saturated carbocycles. The Labute approximate surface area is 100 Å². The summed E-state index contributed by atoms with van der Waals surface area (Å²) in [7, 11) is -3.23. The molecule has 0 aliphatic heterocycles. The zero-order valence-corrected chi connectivity index (χ0v) is 12.0. The summed E-state index contributed by atoms with van der Waals surface area (Å²) in [5.41, 5.74) is 5.38. The molecule has 0 bridgehead atoms. The fourth-order valence-corrected chi connectivity index (χ4v) is 3.77. The number of rotatable bonds is 7. The highest BCUT2D eigenvalue weighted by Crippen LogP contribution is 2.27. The van der Waals surface area contributed by atoms with E-state index in [1.54, 1.807) is 18.2 Å². The molecule has 0 atom stereocenters. The first-order valence-corrected chi connectivity index (χ1v) is 7.54. The minimum Gasteiger partial charge on any atom is -0.329 e. The molecular weight excluding hydrogens is 224 g/mol. The van der Waals surface area contributed by atoms with Crippen molar-refractivity contribution in [1.29, 1.82) is 0 Å². The normalized spacial score (nSPS) is 13.8. The van der Waals surface area contributed by atoms with Gasteiger partial charge in [-0.3, -0.25) is 0 Å². The largest absolute Gasteiger partial charge is 0.329 e. The standard InChI is InChI=1S/C11H26N2O2S/c1-6-11(7-2,9-12)13(8-3)16(14,15)10(4)5/h10H,6-9,12H2,1-5H3. The monoisotopic (exact) mass is 250 g/mol.